The number of allylic oxidation sites excluding steroid dienone is 3. The summed E-state index contributed by atoms with van der Waals surface area (Å²) in [5.41, 5.74) is 7.64. The van der Waals surface area contributed by atoms with Gasteiger partial charge in [0.05, 0.1) is 0 Å². The molecule has 0 aromatic rings. The smallest absolute Gasteiger partial charge is 0.0358 e. The van der Waals surface area contributed by atoms with Crippen LogP contribution in [0.5, 0.6) is 0 Å². The number of nitrogens with zero attached hydrogens (tertiary/aromatic N) is 1. The summed E-state index contributed by atoms with van der Waals surface area (Å²) in [4.78, 5) is 4.34. The first kappa shape index (κ1) is 11.9. The van der Waals surface area contributed by atoms with Crippen molar-refractivity contribution in [1.29, 1.82) is 0 Å². The molecule has 0 spiro atoms. The van der Waals surface area contributed by atoms with Crippen LogP contribution in [0.2, 0.25) is 0 Å². The lowest BCUT2D eigenvalue weighted by atomic mass is 10.1. The molecule has 0 aromatic carbocycles. The standard InChI is InChI=1S/C11H20N2/c1-5-11(6-2)13-8-10(7-12)9(3)4/h5,7-9H,6,12H2,1-4H3/b10-7+,11-5-,13-8-. The highest BCUT2D eigenvalue weighted by Gasteiger charge is 1.98. The Labute approximate surface area is 81.2 Å². The van der Waals surface area contributed by atoms with Crippen molar-refractivity contribution in [2.45, 2.75) is 34.1 Å². The molecule has 0 rings (SSSR count). The number of aliphatic imine (C=N–C) groups is 1. The maximum absolute atomic E-state index is 5.47. The van der Waals surface area contributed by atoms with E-state index in [1.165, 1.54) is 0 Å². The minimum Gasteiger partial charge on any atom is -0.404 e. The Hall–Kier alpha value is -1.05. The predicted octanol–water partition coefficient (Wildman–Crippen LogP) is 2.87. The average Bonchev–Trinajstić information content (AvgIpc) is 2.12. The van der Waals surface area contributed by atoms with Gasteiger partial charge in [0.25, 0.3) is 0 Å². The van der Waals surface area contributed by atoms with Crippen molar-refractivity contribution >= 4 is 6.21 Å². The second kappa shape index (κ2) is 6.46. The molecule has 2 nitrogen and oxygen atoms in total. The Morgan fingerprint density at radius 1 is 1.46 bits per heavy atom. The third-order valence-corrected chi connectivity index (χ3v) is 1.93. The van der Waals surface area contributed by atoms with Crippen molar-refractivity contribution < 1.29 is 0 Å². The van der Waals surface area contributed by atoms with E-state index in [4.69, 9.17) is 5.73 Å². The van der Waals surface area contributed by atoms with E-state index in [0.717, 1.165) is 17.7 Å². The molecule has 0 amide bonds. The molecule has 0 unspecified atom stereocenters. The Bertz CT molecular complexity index is 222. The second-order valence-electron chi connectivity index (χ2n) is 3.21. The first-order valence-electron chi connectivity index (χ1n) is 4.76. The third-order valence-electron chi connectivity index (χ3n) is 1.93. The van der Waals surface area contributed by atoms with Gasteiger partial charge in [-0.2, -0.15) is 0 Å². The summed E-state index contributed by atoms with van der Waals surface area (Å²) >= 11 is 0. The van der Waals surface area contributed by atoms with Crippen molar-refractivity contribution in [2.75, 3.05) is 0 Å². The van der Waals surface area contributed by atoms with Crippen molar-refractivity contribution in [3.63, 3.8) is 0 Å². The molecule has 0 fully saturated rings. The molecule has 0 bridgehead atoms. The Morgan fingerprint density at radius 3 is 2.38 bits per heavy atom. The van der Waals surface area contributed by atoms with E-state index in [1.807, 2.05) is 19.2 Å². The summed E-state index contributed by atoms with van der Waals surface area (Å²) in [6, 6.07) is 0. The van der Waals surface area contributed by atoms with Crippen LogP contribution in [0.4, 0.5) is 0 Å². The summed E-state index contributed by atoms with van der Waals surface area (Å²) in [5.74, 6) is 0.434. The monoisotopic (exact) mass is 180 g/mol. The lowest BCUT2D eigenvalue weighted by molar-refractivity contribution is 0.803. The molecule has 13 heavy (non-hydrogen) atoms. The van der Waals surface area contributed by atoms with Gasteiger partial charge in [0, 0.05) is 11.9 Å². The highest BCUT2D eigenvalue weighted by molar-refractivity contribution is 5.79. The number of hydrogen-bond donors (Lipinski definition) is 1. The highest BCUT2D eigenvalue weighted by atomic mass is 14.7. The fraction of sp³-hybridized carbons (Fsp3) is 0.545. The molecular formula is C11H20N2. The van der Waals surface area contributed by atoms with Crippen LogP contribution in [-0.2, 0) is 0 Å². The van der Waals surface area contributed by atoms with E-state index in [9.17, 15) is 0 Å². The summed E-state index contributed by atoms with van der Waals surface area (Å²) in [6.07, 6.45) is 6.45. The molecule has 0 aromatic heterocycles. The van der Waals surface area contributed by atoms with Crippen molar-refractivity contribution in [2.24, 2.45) is 16.6 Å². The minimum atomic E-state index is 0.434. The van der Waals surface area contributed by atoms with Crippen LogP contribution in [0.1, 0.15) is 34.1 Å². The Morgan fingerprint density at radius 2 is 2.08 bits per heavy atom. The predicted molar refractivity (Wildman–Crippen MR) is 59.6 cm³/mol. The summed E-state index contributed by atoms with van der Waals surface area (Å²) in [5, 5.41) is 0. The van der Waals surface area contributed by atoms with Gasteiger partial charge in [-0.15, -0.1) is 0 Å². The molecular weight excluding hydrogens is 160 g/mol. The lowest BCUT2D eigenvalue weighted by Gasteiger charge is -2.03. The largest absolute Gasteiger partial charge is 0.404 e. The number of hydrogen-bond acceptors (Lipinski definition) is 2. The SMILES string of the molecule is C\C=C(CC)/N=C\C(=C/N)C(C)C. The van der Waals surface area contributed by atoms with Gasteiger partial charge in [0.15, 0.2) is 0 Å². The second-order valence-corrected chi connectivity index (χ2v) is 3.21. The highest BCUT2D eigenvalue weighted by Crippen LogP contribution is 2.07. The normalized spacial score (nSPS) is 14.5. The molecule has 0 saturated heterocycles. The van der Waals surface area contributed by atoms with E-state index in [-0.39, 0.29) is 0 Å². The van der Waals surface area contributed by atoms with Gasteiger partial charge < -0.3 is 5.73 Å². The fourth-order valence-electron chi connectivity index (χ4n) is 0.912. The van der Waals surface area contributed by atoms with Crippen molar-refractivity contribution in [1.82, 2.24) is 0 Å². The van der Waals surface area contributed by atoms with Crippen LogP contribution >= 0.6 is 0 Å². The van der Waals surface area contributed by atoms with Gasteiger partial charge in [-0.1, -0.05) is 26.8 Å². The average molecular weight is 180 g/mol. The molecule has 0 radical (unpaired) electrons. The first-order chi connectivity index (χ1) is 6.15. The van der Waals surface area contributed by atoms with Crippen LogP contribution < -0.4 is 5.73 Å². The van der Waals surface area contributed by atoms with Gasteiger partial charge in [-0.05, 0) is 31.0 Å². The first-order valence-corrected chi connectivity index (χ1v) is 4.76. The quantitative estimate of drug-likeness (QED) is 0.664. The summed E-state index contributed by atoms with van der Waals surface area (Å²) < 4.78 is 0. The van der Waals surface area contributed by atoms with Crippen LogP contribution in [0.25, 0.3) is 0 Å². The summed E-state index contributed by atoms with van der Waals surface area (Å²) in [6.45, 7) is 8.29. The zero-order valence-corrected chi connectivity index (χ0v) is 9.04. The van der Waals surface area contributed by atoms with Crippen molar-refractivity contribution in [3.05, 3.63) is 23.5 Å². The van der Waals surface area contributed by atoms with Crippen LogP contribution in [0, 0.1) is 5.92 Å². The fourth-order valence-corrected chi connectivity index (χ4v) is 0.912. The molecule has 2 heteroatoms. The topological polar surface area (TPSA) is 38.4 Å². The maximum Gasteiger partial charge on any atom is 0.0358 e. The minimum absolute atomic E-state index is 0.434. The number of rotatable bonds is 4. The molecule has 0 heterocycles. The van der Waals surface area contributed by atoms with E-state index < -0.39 is 0 Å². The van der Waals surface area contributed by atoms with Gasteiger partial charge in [0.1, 0.15) is 0 Å². The molecule has 0 aliphatic heterocycles. The Balaban J connectivity index is 4.40. The van der Waals surface area contributed by atoms with Gasteiger partial charge >= 0.3 is 0 Å². The molecule has 0 saturated carbocycles. The van der Waals surface area contributed by atoms with E-state index in [0.29, 0.717) is 5.92 Å². The summed E-state index contributed by atoms with van der Waals surface area (Å²) in [7, 11) is 0. The molecule has 0 aliphatic carbocycles. The van der Waals surface area contributed by atoms with Crippen LogP contribution in [0.15, 0.2) is 28.5 Å². The number of nitrogens with two attached hydrogens (primary N) is 1. The van der Waals surface area contributed by atoms with Gasteiger partial charge in [0.2, 0.25) is 0 Å². The lowest BCUT2D eigenvalue weighted by Crippen LogP contribution is -1.99. The van der Waals surface area contributed by atoms with E-state index in [2.05, 4.69) is 25.8 Å². The zero-order valence-electron chi connectivity index (χ0n) is 9.04. The van der Waals surface area contributed by atoms with E-state index in [1.54, 1.807) is 6.20 Å². The molecule has 2 N–H and O–H groups in total. The molecule has 0 aliphatic rings. The van der Waals surface area contributed by atoms with Crippen LogP contribution in [-0.4, -0.2) is 6.21 Å². The third kappa shape index (κ3) is 4.51. The van der Waals surface area contributed by atoms with Gasteiger partial charge in [-0.25, -0.2) is 0 Å². The van der Waals surface area contributed by atoms with Crippen molar-refractivity contribution in [3.8, 4) is 0 Å². The molecule has 74 valence electrons. The Kier molecular flexibility index (Phi) is 5.94. The zero-order chi connectivity index (χ0) is 10.3. The maximum atomic E-state index is 5.47. The molecule has 0 atom stereocenters. The van der Waals surface area contributed by atoms with Crippen LogP contribution in [0.3, 0.4) is 0 Å². The van der Waals surface area contributed by atoms with Gasteiger partial charge in [-0.3, -0.25) is 4.99 Å². The van der Waals surface area contributed by atoms with E-state index >= 15 is 0 Å².